The Bertz CT molecular complexity index is 1860. The van der Waals surface area contributed by atoms with Crippen LogP contribution in [0.4, 0.5) is 14.5 Å². The number of hydrogen-bond donors (Lipinski definition) is 0. The van der Waals surface area contributed by atoms with Crippen LogP contribution in [0, 0.1) is 48.8 Å². The van der Waals surface area contributed by atoms with E-state index >= 15 is 4.39 Å². The van der Waals surface area contributed by atoms with Gasteiger partial charge in [0.15, 0.2) is 5.65 Å². The van der Waals surface area contributed by atoms with Gasteiger partial charge in [0.1, 0.15) is 11.6 Å². The maximum Gasteiger partial charge on any atom is 0.309 e. The Morgan fingerprint density at radius 3 is 2.48 bits per heavy atom. The molecule has 3 aliphatic rings. The highest BCUT2D eigenvalue weighted by atomic mass is 32.2. The Hall–Kier alpha value is -4.17. The summed E-state index contributed by atoms with van der Waals surface area (Å²) < 4.78 is 63.3. The molecule has 3 heterocycles. The van der Waals surface area contributed by atoms with Gasteiger partial charge in [-0.2, -0.15) is 0 Å². The van der Waals surface area contributed by atoms with Gasteiger partial charge in [-0.15, -0.1) is 0 Å². The predicted molar refractivity (Wildman–Crippen MR) is 151 cm³/mol. The molecule has 2 bridgehead atoms. The third-order valence-corrected chi connectivity index (χ3v) is 10.5. The number of methoxy groups -OCH3 is 1. The largest absolute Gasteiger partial charge is 0.469 e. The van der Waals surface area contributed by atoms with Crippen LogP contribution in [0.1, 0.15) is 36.9 Å². The van der Waals surface area contributed by atoms with Gasteiger partial charge in [0, 0.05) is 17.1 Å². The standard InChI is InChI=1S/C31H28F2N4O4S/c1-17-4-10-21(11-5-17)42(39,40)37-16-24(23-12-20(32)15-35-30(23)37)29-27(34-2)14-25(33)26(36-29)13-22-18-6-8-19(9-7-18)28(22)31(38)41-3/h4-5,10-12,14-16,18-19,22,28H,6-9,13H2,1,3H3/t18?,19?,22-,28-/m0/s1. The Kier molecular flexibility index (Phi) is 7.05. The molecule has 0 aliphatic heterocycles. The minimum absolute atomic E-state index is 0.00188. The fourth-order valence-electron chi connectivity index (χ4n) is 6.79. The van der Waals surface area contributed by atoms with Crippen LogP contribution >= 0.6 is 0 Å². The normalized spacial score (nSPS) is 21.8. The second-order valence-electron chi connectivity index (χ2n) is 11.2. The smallest absolute Gasteiger partial charge is 0.309 e. The third-order valence-electron chi connectivity index (χ3n) is 8.85. The molecule has 7 rings (SSSR count). The molecule has 2 atom stereocenters. The number of carbonyl (C=O) groups is 1. The SMILES string of the molecule is [C-]#[N+]c1cc(F)c(C[C@H]2C3CCC(CC3)[C@@H]2C(=O)OC)nc1-c1cn(S(=O)(=O)c2ccc(C)cc2)c2ncc(F)cc12. The van der Waals surface area contributed by atoms with Crippen molar-refractivity contribution in [2.75, 3.05) is 7.11 Å². The quantitative estimate of drug-likeness (QED) is 0.195. The van der Waals surface area contributed by atoms with E-state index in [9.17, 15) is 17.6 Å². The number of halogens is 2. The van der Waals surface area contributed by atoms with Crippen LogP contribution in [-0.4, -0.2) is 35.4 Å². The first-order valence-corrected chi connectivity index (χ1v) is 15.2. The molecule has 3 aliphatic carbocycles. The van der Waals surface area contributed by atoms with E-state index in [1.165, 1.54) is 25.4 Å². The molecule has 1 aromatic carbocycles. The van der Waals surface area contributed by atoms with Crippen molar-refractivity contribution in [3.05, 3.63) is 83.1 Å². The maximum atomic E-state index is 15.5. The second kappa shape index (κ2) is 10.6. The molecule has 3 aromatic heterocycles. The van der Waals surface area contributed by atoms with Gasteiger partial charge >= 0.3 is 5.97 Å². The van der Waals surface area contributed by atoms with Crippen LogP contribution in [-0.2, 0) is 26.0 Å². The van der Waals surface area contributed by atoms with Crippen molar-refractivity contribution in [1.82, 2.24) is 13.9 Å². The van der Waals surface area contributed by atoms with Crippen LogP contribution < -0.4 is 0 Å². The average molecular weight is 591 g/mol. The van der Waals surface area contributed by atoms with Crippen molar-refractivity contribution < 1.29 is 26.7 Å². The Morgan fingerprint density at radius 1 is 1.12 bits per heavy atom. The molecule has 0 radical (unpaired) electrons. The maximum absolute atomic E-state index is 15.5. The first kappa shape index (κ1) is 28.0. The van der Waals surface area contributed by atoms with Gasteiger partial charge in [-0.05, 0) is 81.0 Å². The van der Waals surface area contributed by atoms with E-state index in [0.29, 0.717) is 0 Å². The fourth-order valence-corrected chi connectivity index (χ4v) is 8.11. The number of nitrogens with zero attached hydrogens (tertiary/aromatic N) is 4. The van der Waals surface area contributed by atoms with Gasteiger partial charge in [0.2, 0.25) is 5.69 Å². The lowest BCUT2D eigenvalue weighted by atomic mass is 9.57. The topological polar surface area (TPSA) is 95.5 Å². The first-order valence-electron chi connectivity index (χ1n) is 13.8. The van der Waals surface area contributed by atoms with Gasteiger partial charge in [-0.25, -0.2) is 31.0 Å². The molecule has 8 nitrogen and oxygen atoms in total. The summed E-state index contributed by atoms with van der Waals surface area (Å²) in [6, 6.07) is 8.46. The third kappa shape index (κ3) is 4.64. The van der Waals surface area contributed by atoms with Gasteiger partial charge in [-0.1, -0.05) is 17.7 Å². The molecular formula is C31H28F2N4O4S. The van der Waals surface area contributed by atoms with E-state index in [-0.39, 0.29) is 74.6 Å². The van der Waals surface area contributed by atoms with Gasteiger partial charge in [0.25, 0.3) is 10.0 Å². The molecule has 216 valence electrons. The van der Waals surface area contributed by atoms with Crippen molar-refractivity contribution in [2.24, 2.45) is 23.7 Å². The average Bonchev–Trinajstić information content (AvgIpc) is 3.37. The molecule has 11 heteroatoms. The molecule has 0 N–H and O–H groups in total. The zero-order valence-electron chi connectivity index (χ0n) is 23.0. The Balaban J connectivity index is 1.50. The minimum Gasteiger partial charge on any atom is -0.469 e. The van der Waals surface area contributed by atoms with Crippen molar-refractivity contribution in [1.29, 1.82) is 0 Å². The molecular weight excluding hydrogens is 562 g/mol. The van der Waals surface area contributed by atoms with Crippen LogP contribution in [0.2, 0.25) is 0 Å². The van der Waals surface area contributed by atoms with E-state index in [1.807, 2.05) is 6.92 Å². The summed E-state index contributed by atoms with van der Waals surface area (Å²) in [4.78, 5) is 24.9. The van der Waals surface area contributed by atoms with E-state index in [0.717, 1.165) is 53.5 Å². The number of benzene rings is 1. The predicted octanol–water partition coefficient (Wildman–Crippen LogP) is 6.24. The molecule has 0 unspecified atom stereocenters. The first-order chi connectivity index (χ1) is 20.1. The van der Waals surface area contributed by atoms with Crippen molar-refractivity contribution in [3.63, 3.8) is 0 Å². The van der Waals surface area contributed by atoms with Crippen LogP contribution in [0.25, 0.3) is 27.1 Å². The summed E-state index contributed by atoms with van der Waals surface area (Å²) in [6.07, 6.45) is 6.05. The van der Waals surface area contributed by atoms with E-state index in [2.05, 4.69) is 14.8 Å². The molecule has 0 spiro atoms. The molecule has 4 aromatic rings. The lowest BCUT2D eigenvalue weighted by Crippen LogP contribution is -2.45. The molecule has 42 heavy (non-hydrogen) atoms. The second-order valence-corrected chi connectivity index (χ2v) is 13.0. The number of rotatable bonds is 6. The molecule has 0 saturated heterocycles. The van der Waals surface area contributed by atoms with Crippen molar-refractivity contribution >= 4 is 32.7 Å². The van der Waals surface area contributed by atoms with E-state index < -0.39 is 21.7 Å². The number of fused-ring (bicyclic) bond motifs is 4. The summed E-state index contributed by atoms with van der Waals surface area (Å²) in [6.45, 7) is 9.54. The number of hydrogen-bond acceptors (Lipinski definition) is 6. The van der Waals surface area contributed by atoms with Gasteiger partial charge < -0.3 is 4.74 Å². The summed E-state index contributed by atoms with van der Waals surface area (Å²) in [5.41, 5.74) is 0.892. The summed E-state index contributed by atoms with van der Waals surface area (Å²) >= 11 is 0. The number of aromatic nitrogens is 3. The zero-order valence-corrected chi connectivity index (χ0v) is 23.9. The van der Waals surface area contributed by atoms with Gasteiger partial charge in [-0.3, -0.25) is 9.78 Å². The highest BCUT2D eigenvalue weighted by Gasteiger charge is 2.48. The van der Waals surface area contributed by atoms with Gasteiger partial charge in [0.05, 0.1) is 42.1 Å². The molecule has 3 fully saturated rings. The summed E-state index contributed by atoms with van der Waals surface area (Å²) in [5, 5.41) is 0.116. The van der Waals surface area contributed by atoms with Crippen LogP contribution in [0.3, 0.4) is 0 Å². The summed E-state index contributed by atoms with van der Waals surface area (Å²) in [5.74, 6) is -1.87. The van der Waals surface area contributed by atoms with Crippen molar-refractivity contribution in [2.45, 2.75) is 43.9 Å². The van der Waals surface area contributed by atoms with Crippen LogP contribution in [0.15, 0.2) is 53.7 Å². The summed E-state index contributed by atoms with van der Waals surface area (Å²) in [7, 11) is -2.81. The number of pyridine rings is 2. The highest BCUT2D eigenvalue weighted by molar-refractivity contribution is 7.90. The number of esters is 1. The van der Waals surface area contributed by atoms with E-state index in [4.69, 9.17) is 11.3 Å². The van der Waals surface area contributed by atoms with Crippen molar-refractivity contribution in [3.8, 4) is 11.3 Å². The zero-order chi connectivity index (χ0) is 29.8. The monoisotopic (exact) mass is 590 g/mol. The Morgan fingerprint density at radius 2 is 1.81 bits per heavy atom. The molecule has 3 saturated carbocycles. The fraction of sp³-hybridized carbons (Fsp3) is 0.355. The number of carbonyl (C=O) groups excluding carboxylic acids is 1. The lowest BCUT2D eigenvalue weighted by Gasteiger charge is -2.47. The minimum atomic E-state index is -4.17. The van der Waals surface area contributed by atoms with E-state index in [1.54, 1.807) is 12.1 Å². The number of aryl methyl sites for hydroxylation is 1. The lowest BCUT2D eigenvalue weighted by molar-refractivity contribution is -0.156. The Labute approximate surface area is 242 Å². The number of ether oxygens (including phenoxy) is 1. The highest BCUT2D eigenvalue weighted by Crippen LogP contribution is 2.50. The molecule has 0 amide bonds. The van der Waals surface area contributed by atoms with Crippen LogP contribution in [0.5, 0.6) is 0 Å².